The summed E-state index contributed by atoms with van der Waals surface area (Å²) < 4.78 is 23.7. The molecule has 11 unspecified atom stereocenters. The first kappa shape index (κ1) is 37.5. The lowest BCUT2D eigenvalue weighted by Gasteiger charge is -2.38. The topological polar surface area (TPSA) is 142 Å². The van der Waals surface area contributed by atoms with E-state index in [0.29, 0.717) is 31.8 Å². The van der Waals surface area contributed by atoms with E-state index in [1.165, 1.54) is 0 Å². The molecule has 47 heavy (non-hydrogen) atoms. The molecule has 11 nitrogen and oxygen atoms in total. The number of epoxide rings is 1. The Kier molecular flexibility index (Phi) is 12.4. The number of rotatable bonds is 10. The highest BCUT2D eigenvalue weighted by Crippen LogP contribution is 2.38. The summed E-state index contributed by atoms with van der Waals surface area (Å²) in [7, 11) is 3.65. The van der Waals surface area contributed by atoms with E-state index in [4.69, 9.17) is 18.9 Å². The molecule has 0 aliphatic carbocycles. The van der Waals surface area contributed by atoms with Crippen molar-refractivity contribution in [3.05, 3.63) is 36.0 Å². The summed E-state index contributed by atoms with van der Waals surface area (Å²) in [5, 5.41) is 31.9. The highest BCUT2D eigenvalue weighted by atomic mass is 16.6. The number of ether oxygens (including phenoxy) is 4. The summed E-state index contributed by atoms with van der Waals surface area (Å²) in [6.45, 7) is 12.7. The van der Waals surface area contributed by atoms with Crippen LogP contribution < -0.4 is 0 Å². The van der Waals surface area contributed by atoms with E-state index < -0.39 is 41.6 Å². The number of esters is 1. The zero-order chi connectivity index (χ0) is 34.7. The number of carbonyl (C=O) groups is 2. The first-order valence-electron chi connectivity index (χ1n) is 17.3. The number of hydrogen-bond donors (Lipinski definition) is 3. The van der Waals surface area contributed by atoms with E-state index in [9.17, 15) is 24.9 Å². The van der Waals surface area contributed by atoms with E-state index >= 15 is 0 Å². The number of likely N-dealkylation sites (N-methyl/N-ethyl adjacent to an activating group) is 1. The molecule has 266 valence electrons. The van der Waals surface area contributed by atoms with Gasteiger partial charge in [-0.25, -0.2) is 4.79 Å². The average Bonchev–Trinajstić information content (AvgIpc) is 3.48. The summed E-state index contributed by atoms with van der Waals surface area (Å²) in [5.74, 6) is -0.826. The number of cyclic esters (lactones) is 1. The van der Waals surface area contributed by atoms with Crippen LogP contribution >= 0.6 is 0 Å². The highest BCUT2D eigenvalue weighted by molar-refractivity contribution is 5.70. The molecule has 0 aromatic carbocycles. The van der Waals surface area contributed by atoms with Crippen LogP contribution in [0.4, 0.5) is 4.79 Å². The number of carbonyl (C=O) groups excluding carboxylic acids is 2. The lowest BCUT2D eigenvalue weighted by atomic mass is 9.88. The lowest BCUT2D eigenvalue weighted by molar-refractivity contribution is -0.151. The van der Waals surface area contributed by atoms with E-state index in [-0.39, 0.29) is 49.0 Å². The van der Waals surface area contributed by atoms with Crippen LogP contribution in [0.15, 0.2) is 36.0 Å². The second kappa shape index (κ2) is 15.5. The van der Waals surface area contributed by atoms with E-state index in [2.05, 4.69) is 11.9 Å². The average molecular weight is 663 g/mol. The van der Waals surface area contributed by atoms with Crippen molar-refractivity contribution in [1.82, 2.24) is 9.80 Å². The third-order valence-corrected chi connectivity index (χ3v) is 10.8. The maximum absolute atomic E-state index is 13.4. The molecular weight excluding hydrogens is 604 g/mol. The van der Waals surface area contributed by atoms with Crippen LogP contribution in [0.5, 0.6) is 0 Å². The first-order chi connectivity index (χ1) is 22.1. The zero-order valence-electron chi connectivity index (χ0n) is 29.5. The maximum atomic E-state index is 13.4. The summed E-state index contributed by atoms with van der Waals surface area (Å²) in [5.41, 5.74) is -1.33. The van der Waals surface area contributed by atoms with Crippen LogP contribution in [-0.4, -0.2) is 124 Å². The largest absolute Gasteiger partial charge is 0.457 e. The van der Waals surface area contributed by atoms with Gasteiger partial charge in [0.05, 0.1) is 36.4 Å². The Morgan fingerprint density at radius 3 is 2.62 bits per heavy atom. The van der Waals surface area contributed by atoms with Gasteiger partial charge in [0.2, 0.25) is 0 Å². The van der Waals surface area contributed by atoms with Crippen LogP contribution in [0.1, 0.15) is 80.1 Å². The molecule has 0 aromatic heterocycles. The smallest absolute Gasteiger partial charge is 0.410 e. The summed E-state index contributed by atoms with van der Waals surface area (Å²) in [6.07, 6.45) is 8.04. The van der Waals surface area contributed by atoms with Crippen molar-refractivity contribution in [2.24, 2.45) is 11.8 Å². The van der Waals surface area contributed by atoms with Crippen LogP contribution in [0.25, 0.3) is 0 Å². The molecule has 0 saturated carbocycles. The molecular formula is C36H58N2O9. The second-order valence-electron chi connectivity index (χ2n) is 14.8. The van der Waals surface area contributed by atoms with E-state index in [1.807, 2.05) is 57.7 Å². The fourth-order valence-electron chi connectivity index (χ4n) is 7.27. The molecule has 0 aromatic rings. The molecule has 3 fully saturated rings. The molecule has 3 saturated heterocycles. The van der Waals surface area contributed by atoms with Crippen molar-refractivity contribution in [2.75, 3.05) is 27.2 Å². The number of hydrogen-bond acceptors (Lipinski definition) is 10. The van der Waals surface area contributed by atoms with Gasteiger partial charge in [-0.3, -0.25) is 9.69 Å². The zero-order valence-corrected chi connectivity index (χ0v) is 29.5. The summed E-state index contributed by atoms with van der Waals surface area (Å²) in [6, 6.07) is 0.470. The normalized spacial score (nSPS) is 38.7. The number of aliphatic hydroxyl groups excluding tert-OH is 2. The number of methoxy groups -OCH3 is 1. The number of likely N-dealkylation sites (tertiary alicyclic amines) is 2. The van der Waals surface area contributed by atoms with Crippen LogP contribution in [0, 0.1) is 11.8 Å². The van der Waals surface area contributed by atoms with Gasteiger partial charge in [0.15, 0.2) is 6.10 Å². The molecule has 3 N–H and O–H groups in total. The fourth-order valence-corrected chi connectivity index (χ4v) is 7.27. The fraction of sp³-hybridized carbons (Fsp3) is 0.778. The maximum Gasteiger partial charge on any atom is 0.410 e. The minimum Gasteiger partial charge on any atom is -0.457 e. The van der Waals surface area contributed by atoms with Crippen molar-refractivity contribution < 1.29 is 43.9 Å². The van der Waals surface area contributed by atoms with Crippen molar-refractivity contribution in [3.63, 3.8) is 0 Å². The summed E-state index contributed by atoms with van der Waals surface area (Å²) >= 11 is 0. The third kappa shape index (κ3) is 9.45. The molecule has 0 spiro atoms. The van der Waals surface area contributed by atoms with Gasteiger partial charge in [0, 0.05) is 50.5 Å². The Hall–Kier alpha value is -2.28. The molecule has 4 rings (SSSR count). The predicted molar refractivity (Wildman–Crippen MR) is 178 cm³/mol. The van der Waals surface area contributed by atoms with Gasteiger partial charge in [-0.05, 0) is 65.2 Å². The van der Waals surface area contributed by atoms with Crippen molar-refractivity contribution >= 4 is 12.1 Å². The molecule has 12 atom stereocenters. The van der Waals surface area contributed by atoms with Crippen molar-refractivity contribution in [1.29, 1.82) is 0 Å². The minimum absolute atomic E-state index is 0.00187. The highest BCUT2D eigenvalue weighted by Gasteiger charge is 2.48. The number of piperazine rings is 1. The van der Waals surface area contributed by atoms with E-state index in [1.54, 1.807) is 26.2 Å². The second-order valence-corrected chi connectivity index (χ2v) is 14.8. The Bertz CT molecular complexity index is 1180. The molecule has 4 aliphatic rings. The van der Waals surface area contributed by atoms with Gasteiger partial charge in [-0.1, -0.05) is 45.1 Å². The number of nitrogens with zero attached hydrogens (tertiary/aromatic N) is 2. The molecule has 11 heteroatoms. The molecule has 0 radical (unpaired) electrons. The van der Waals surface area contributed by atoms with Gasteiger partial charge in [0.25, 0.3) is 0 Å². The quantitative estimate of drug-likeness (QED) is 0.137. The van der Waals surface area contributed by atoms with Gasteiger partial charge in [-0.2, -0.15) is 0 Å². The SMILES string of the molecule is CCC(O)C(C)C1OC1CC(C)(O)/C=C/C=C(\C)C1OC(=O)CC(O)CCC(C)(OC)C(OC(=O)N2CC3C[C@@H]2CN3C)/C=C/C1C. The third-order valence-electron chi connectivity index (χ3n) is 10.8. The van der Waals surface area contributed by atoms with Gasteiger partial charge in [-0.15, -0.1) is 0 Å². The standard InChI is InChI=1S/C36H58N2O9/c1-9-28(40)24(4)33-29(45-33)19-35(5,43)15-10-11-22(2)32-23(3)12-13-30(36(6,44-8)16-14-27(39)18-31(41)47-32)46-34(42)38-21-25-17-26(38)20-37(25)7/h10-13,15,23-30,32-33,39-40,43H,9,14,16-21H2,1-8H3/b13-12+,15-10+,22-11+/t23?,24?,25?,26-,27?,28?,29?,30?,32?,33?,35?,36?/m1/s1. The van der Waals surface area contributed by atoms with E-state index in [0.717, 1.165) is 18.5 Å². The first-order valence-corrected chi connectivity index (χ1v) is 17.3. The van der Waals surface area contributed by atoms with Gasteiger partial charge >= 0.3 is 12.1 Å². The van der Waals surface area contributed by atoms with Crippen LogP contribution in [0.3, 0.4) is 0 Å². The minimum atomic E-state index is -1.14. The van der Waals surface area contributed by atoms with Crippen LogP contribution in [0.2, 0.25) is 0 Å². The van der Waals surface area contributed by atoms with Gasteiger partial charge < -0.3 is 39.2 Å². The summed E-state index contributed by atoms with van der Waals surface area (Å²) in [4.78, 5) is 30.5. The molecule has 4 heterocycles. The molecule has 1 amide bonds. The lowest BCUT2D eigenvalue weighted by Crippen LogP contribution is -2.51. The Morgan fingerprint density at radius 2 is 2.00 bits per heavy atom. The Morgan fingerprint density at radius 1 is 1.28 bits per heavy atom. The van der Waals surface area contributed by atoms with Crippen molar-refractivity contribution in [3.8, 4) is 0 Å². The molecule has 4 aliphatic heterocycles. The van der Waals surface area contributed by atoms with Crippen molar-refractivity contribution in [2.45, 2.75) is 140 Å². The monoisotopic (exact) mass is 662 g/mol. The molecule has 2 bridgehead atoms. The van der Waals surface area contributed by atoms with Crippen LogP contribution in [-0.2, 0) is 23.7 Å². The Balaban J connectivity index is 1.49. The Labute approximate surface area is 280 Å². The predicted octanol–water partition coefficient (Wildman–Crippen LogP) is 3.75. The number of amides is 1. The number of allylic oxidation sites excluding steroid dienone is 2. The number of fused-ring (bicyclic) bond motifs is 2. The van der Waals surface area contributed by atoms with Gasteiger partial charge in [0.1, 0.15) is 11.7 Å². The number of aliphatic hydroxyl groups is 3.